The zero-order valence-corrected chi connectivity index (χ0v) is 16.0. The van der Waals surface area contributed by atoms with Crippen molar-refractivity contribution in [3.8, 4) is 11.5 Å². The predicted molar refractivity (Wildman–Crippen MR) is 109 cm³/mol. The summed E-state index contributed by atoms with van der Waals surface area (Å²) in [6, 6.07) is 22.2. The van der Waals surface area contributed by atoms with Crippen LogP contribution < -0.4 is 14.8 Å². The summed E-state index contributed by atoms with van der Waals surface area (Å²) in [5.41, 5.74) is 2.85. The lowest BCUT2D eigenvalue weighted by atomic mass is 10.2. The van der Waals surface area contributed by atoms with Crippen molar-refractivity contribution in [3.05, 3.63) is 89.7 Å². The zero-order valence-electron chi connectivity index (χ0n) is 15.2. The Bertz CT molecular complexity index is 840. The molecule has 142 valence electrons. The van der Waals surface area contributed by atoms with Gasteiger partial charge in [-0.1, -0.05) is 30.3 Å². The summed E-state index contributed by atoms with van der Waals surface area (Å²) in [6.45, 7) is 3.58. The Labute approximate surface area is 165 Å². The predicted octanol–water partition coefficient (Wildman–Crippen LogP) is 5.84. The monoisotopic (exact) mass is 387 g/mol. The van der Waals surface area contributed by atoms with Crippen molar-refractivity contribution in [1.82, 2.24) is 0 Å². The zero-order chi connectivity index (χ0) is 18.2. The van der Waals surface area contributed by atoms with Crippen LogP contribution in [0.5, 0.6) is 11.5 Å². The lowest BCUT2D eigenvalue weighted by Gasteiger charge is -2.13. The van der Waals surface area contributed by atoms with Crippen LogP contribution in [0, 0.1) is 5.82 Å². The van der Waals surface area contributed by atoms with Gasteiger partial charge in [-0.05, 0) is 55.0 Å². The summed E-state index contributed by atoms with van der Waals surface area (Å²) in [4.78, 5) is 0. The summed E-state index contributed by atoms with van der Waals surface area (Å²) < 4.78 is 24.6. The first-order valence-electron chi connectivity index (χ1n) is 8.66. The van der Waals surface area contributed by atoms with Crippen LogP contribution in [0.25, 0.3) is 0 Å². The van der Waals surface area contributed by atoms with Gasteiger partial charge in [-0.2, -0.15) is 0 Å². The minimum Gasteiger partial charge on any atom is -0.494 e. The molecule has 0 spiro atoms. The van der Waals surface area contributed by atoms with E-state index in [1.807, 2.05) is 61.5 Å². The molecule has 0 fully saturated rings. The van der Waals surface area contributed by atoms with E-state index in [0.29, 0.717) is 19.8 Å². The number of nitrogens with one attached hydrogen (secondary N) is 1. The number of para-hydroxylation sites is 1. The molecule has 0 saturated heterocycles. The first-order valence-corrected chi connectivity index (χ1v) is 8.66. The van der Waals surface area contributed by atoms with Gasteiger partial charge in [-0.15, -0.1) is 12.4 Å². The third-order valence-corrected chi connectivity index (χ3v) is 3.90. The molecule has 1 N–H and O–H groups in total. The van der Waals surface area contributed by atoms with Crippen LogP contribution in [-0.2, 0) is 13.2 Å². The molecule has 5 heteroatoms. The highest BCUT2D eigenvalue weighted by Gasteiger charge is 2.04. The van der Waals surface area contributed by atoms with Crippen molar-refractivity contribution in [2.45, 2.75) is 20.1 Å². The van der Waals surface area contributed by atoms with Crippen molar-refractivity contribution >= 4 is 18.1 Å². The van der Waals surface area contributed by atoms with E-state index in [-0.39, 0.29) is 18.2 Å². The number of hydrogen-bond donors (Lipinski definition) is 1. The summed E-state index contributed by atoms with van der Waals surface area (Å²) in [7, 11) is 0. The molecule has 0 amide bonds. The van der Waals surface area contributed by atoms with Crippen molar-refractivity contribution in [2.75, 3.05) is 11.9 Å². The average Bonchev–Trinajstić information content (AvgIpc) is 2.67. The summed E-state index contributed by atoms with van der Waals surface area (Å²) in [6.07, 6.45) is 0. The van der Waals surface area contributed by atoms with E-state index in [1.54, 1.807) is 6.07 Å². The van der Waals surface area contributed by atoms with Gasteiger partial charge in [0.2, 0.25) is 0 Å². The maximum Gasteiger partial charge on any atom is 0.124 e. The second-order valence-corrected chi connectivity index (χ2v) is 5.84. The molecule has 0 aliphatic carbocycles. The van der Waals surface area contributed by atoms with Crippen LogP contribution in [0.15, 0.2) is 72.8 Å². The quantitative estimate of drug-likeness (QED) is 0.527. The molecule has 27 heavy (non-hydrogen) atoms. The lowest BCUT2D eigenvalue weighted by Crippen LogP contribution is -2.04. The molecule has 0 aromatic heterocycles. The van der Waals surface area contributed by atoms with Crippen molar-refractivity contribution in [1.29, 1.82) is 0 Å². The number of halogens is 2. The first-order chi connectivity index (χ1) is 12.7. The number of rotatable bonds is 8. The van der Waals surface area contributed by atoms with Crippen molar-refractivity contribution < 1.29 is 13.9 Å². The van der Waals surface area contributed by atoms with Crippen molar-refractivity contribution in [3.63, 3.8) is 0 Å². The van der Waals surface area contributed by atoms with Crippen LogP contribution in [0.3, 0.4) is 0 Å². The summed E-state index contributed by atoms with van der Waals surface area (Å²) >= 11 is 0. The minimum atomic E-state index is -0.253. The Morgan fingerprint density at radius 1 is 0.889 bits per heavy atom. The molecule has 0 radical (unpaired) electrons. The smallest absolute Gasteiger partial charge is 0.124 e. The van der Waals surface area contributed by atoms with Crippen LogP contribution >= 0.6 is 12.4 Å². The average molecular weight is 388 g/mol. The Morgan fingerprint density at radius 3 is 2.41 bits per heavy atom. The largest absolute Gasteiger partial charge is 0.494 e. The van der Waals surface area contributed by atoms with Gasteiger partial charge >= 0.3 is 0 Å². The van der Waals surface area contributed by atoms with E-state index in [1.165, 1.54) is 12.1 Å². The summed E-state index contributed by atoms with van der Waals surface area (Å²) in [5.74, 6) is 1.39. The second-order valence-electron chi connectivity index (χ2n) is 5.84. The molecule has 0 saturated carbocycles. The number of hydrogen-bond acceptors (Lipinski definition) is 3. The highest BCUT2D eigenvalue weighted by atomic mass is 35.5. The van der Waals surface area contributed by atoms with E-state index in [0.717, 1.165) is 28.3 Å². The fourth-order valence-electron chi connectivity index (χ4n) is 2.61. The number of anilines is 1. The normalized spacial score (nSPS) is 10.0. The van der Waals surface area contributed by atoms with Gasteiger partial charge in [0.25, 0.3) is 0 Å². The van der Waals surface area contributed by atoms with Gasteiger partial charge in [0, 0.05) is 17.8 Å². The van der Waals surface area contributed by atoms with E-state index in [9.17, 15) is 4.39 Å². The fourth-order valence-corrected chi connectivity index (χ4v) is 2.61. The minimum absolute atomic E-state index is 0. The SMILES string of the molecule is CCOc1ccc(NCc2ccccc2OCc2cccc(F)c2)cc1.Cl. The topological polar surface area (TPSA) is 30.5 Å². The van der Waals surface area contributed by atoms with Crippen LogP contribution in [0.2, 0.25) is 0 Å². The molecule has 0 aliphatic heterocycles. The van der Waals surface area contributed by atoms with E-state index in [4.69, 9.17) is 9.47 Å². The molecule has 3 rings (SSSR count). The molecule has 0 bridgehead atoms. The fraction of sp³-hybridized carbons (Fsp3) is 0.182. The van der Waals surface area contributed by atoms with Crippen LogP contribution in [-0.4, -0.2) is 6.61 Å². The van der Waals surface area contributed by atoms with Crippen LogP contribution in [0.4, 0.5) is 10.1 Å². The van der Waals surface area contributed by atoms with Gasteiger partial charge in [0.1, 0.15) is 23.9 Å². The molecule has 3 nitrogen and oxygen atoms in total. The van der Waals surface area contributed by atoms with Gasteiger partial charge < -0.3 is 14.8 Å². The summed E-state index contributed by atoms with van der Waals surface area (Å²) in [5, 5.41) is 3.38. The number of benzene rings is 3. The van der Waals surface area contributed by atoms with Gasteiger partial charge in [-0.25, -0.2) is 4.39 Å². The standard InChI is InChI=1S/C22H22FNO2.ClH/c1-2-25-21-12-10-20(11-13-21)24-15-18-7-3-4-9-22(18)26-16-17-6-5-8-19(23)14-17;/h3-14,24H,2,15-16H2,1H3;1H. The van der Waals surface area contributed by atoms with Gasteiger partial charge in [0.15, 0.2) is 0 Å². The maximum atomic E-state index is 13.3. The first kappa shape index (κ1) is 20.6. The second kappa shape index (κ2) is 10.4. The molecule has 0 atom stereocenters. The van der Waals surface area contributed by atoms with Crippen molar-refractivity contribution in [2.24, 2.45) is 0 Å². The Kier molecular flexibility index (Phi) is 7.96. The molecule has 3 aromatic rings. The molecule has 3 aromatic carbocycles. The molecule has 0 unspecified atom stereocenters. The van der Waals surface area contributed by atoms with Gasteiger partial charge in [-0.3, -0.25) is 0 Å². The van der Waals surface area contributed by atoms with Gasteiger partial charge in [0.05, 0.1) is 6.61 Å². The Morgan fingerprint density at radius 2 is 1.67 bits per heavy atom. The highest BCUT2D eigenvalue weighted by molar-refractivity contribution is 5.85. The van der Waals surface area contributed by atoms with Crippen LogP contribution in [0.1, 0.15) is 18.1 Å². The molecular formula is C22H23ClFNO2. The van der Waals surface area contributed by atoms with E-state index in [2.05, 4.69) is 5.32 Å². The molecule has 0 heterocycles. The Balaban J connectivity index is 0.00000261. The highest BCUT2D eigenvalue weighted by Crippen LogP contribution is 2.22. The third kappa shape index (κ3) is 6.19. The molecular weight excluding hydrogens is 365 g/mol. The van der Waals surface area contributed by atoms with E-state index < -0.39 is 0 Å². The maximum absolute atomic E-state index is 13.3. The Hall–Kier alpha value is -2.72. The molecule has 0 aliphatic rings. The lowest BCUT2D eigenvalue weighted by molar-refractivity contribution is 0.302. The number of ether oxygens (including phenoxy) is 2. The van der Waals surface area contributed by atoms with E-state index >= 15 is 0 Å². The third-order valence-electron chi connectivity index (χ3n) is 3.90.